The maximum absolute atomic E-state index is 11.1. The largest absolute Gasteiger partial charge is 0.348 e. The number of nitrogens with one attached hydrogen (secondary N) is 1. The van der Waals surface area contributed by atoms with Crippen LogP contribution in [0.25, 0.3) is 0 Å². The molecule has 1 amide bonds. The molecule has 0 aliphatic carbocycles. The Morgan fingerprint density at radius 3 is 2.15 bits per heavy atom. The highest BCUT2D eigenvalue weighted by Gasteiger charge is 2.24. The molecule has 0 aromatic heterocycles. The van der Waals surface area contributed by atoms with Crippen molar-refractivity contribution in [2.75, 3.05) is 0 Å². The summed E-state index contributed by atoms with van der Waals surface area (Å²) in [5, 5.41) is 2.56. The van der Waals surface area contributed by atoms with Crippen molar-refractivity contribution >= 4 is 34.9 Å². The highest BCUT2D eigenvalue weighted by Crippen LogP contribution is 2.11. The number of amides is 1. The van der Waals surface area contributed by atoms with Gasteiger partial charge in [-0.2, -0.15) is 0 Å². The number of carbonyl (C=O) groups is 2. The third kappa shape index (κ3) is 5.88. The lowest BCUT2D eigenvalue weighted by molar-refractivity contribution is -0.122. The van der Waals surface area contributed by atoms with Gasteiger partial charge in [0.25, 0.3) is 5.91 Å². The van der Waals surface area contributed by atoms with Crippen LogP contribution in [-0.4, -0.2) is 22.1 Å². The summed E-state index contributed by atoms with van der Waals surface area (Å²) >= 11 is 10.7. The van der Waals surface area contributed by atoms with E-state index in [0.717, 1.165) is 0 Å². The molecule has 0 heterocycles. The smallest absolute Gasteiger partial charge is 0.253 e. The van der Waals surface area contributed by atoms with E-state index in [1.165, 1.54) is 6.92 Å². The molecule has 0 aromatic carbocycles. The normalized spacial score (nSPS) is 11.5. The fraction of sp³-hybridized carbons (Fsp3) is 0.750. The molecule has 5 heteroatoms. The van der Waals surface area contributed by atoms with Gasteiger partial charge in [0.2, 0.25) is 0 Å². The first-order valence-electron chi connectivity index (χ1n) is 3.84. The summed E-state index contributed by atoms with van der Waals surface area (Å²) in [6.45, 7) is 4.94. The third-order valence-corrected chi connectivity index (χ3v) is 1.75. The molecular weight excluding hydrogens is 213 g/mol. The minimum atomic E-state index is -1.09. The van der Waals surface area contributed by atoms with E-state index in [-0.39, 0.29) is 12.2 Å². The SMILES string of the molecule is CC(=O)CC(C)(C)NC(=O)C(Cl)Cl. The number of hydrogen-bond acceptors (Lipinski definition) is 2. The Morgan fingerprint density at radius 1 is 1.38 bits per heavy atom. The van der Waals surface area contributed by atoms with E-state index in [1.807, 2.05) is 0 Å². The molecule has 0 saturated heterocycles. The minimum absolute atomic E-state index is 0.00555. The molecule has 0 unspecified atom stereocenters. The highest BCUT2D eigenvalue weighted by molar-refractivity contribution is 6.53. The van der Waals surface area contributed by atoms with Crippen molar-refractivity contribution in [1.82, 2.24) is 5.32 Å². The van der Waals surface area contributed by atoms with Crippen LogP contribution in [0.3, 0.4) is 0 Å². The molecule has 0 aliphatic heterocycles. The topological polar surface area (TPSA) is 46.2 Å². The summed E-state index contributed by atoms with van der Waals surface area (Å²) in [5.74, 6) is -0.472. The van der Waals surface area contributed by atoms with Crippen molar-refractivity contribution in [2.24, 2.45) is 0 Å². The van der Waals surface area contributed by atoms with Gasteiger partial charge in [-0.15, -0.1) is 0 Å². The van der Waals surface area contributed by atoms with Crippen molar-refractivity contribution in [3.63, 3.8) is 0 Å². The second-order valence-corrected chi connectivity index (χ2v) is 4.65. The Kier molecular flexibility index (Phi) is 4.71. The number of ketones is 1. The van der Waals surface area contributed by atoms with E-state index >= 15 is 0 Å². The maximum Gasteiger partial charge on any atom is 0.253 e. The first-order valence-corrected chi connectivity index (χ1v) is 4.71. The zero-order valence-electron chi connectivity index (χ0n) is 7.86. The van der Waals surface area contributed by atoms with E-state index in [1.54, 1.807) is 13.8 Å². The standard InChI is InChI=1S/C8H13Cl2NO2/c1-5(12)4-8(2,3)11-7(13)6(9)10/h6H,4H2,1-3H3,(H,11,13). The van der Waals surface area contributed by atoms with Crippen LogP contribution in [0.4, 0.5) is 0 Å². The van der Waals surface area contributed by atoms with Crippen LogP contribution in [0.1, 0.15) is 27.2 Å². The van der Waals surface area contributed by atoms with Gasteiger partial charge in [0, 0.05) is 12.0 Å². The lowest BCUT2D eigenvalue weighted by Gasteiger charge is -2.25. The van der Waals surface area contributed by atoms with Gasteiger partial charge < -0.3 is 5.32 Å². The average molecular weight is 226 g/mol. The van der Waals surface area contributed by atoms with Gasteiger partial charge >= 0.3 is 0 Å². The molecule has 0 atom stereocenters. The quantitative estimate of drug-likeness (QED) is 0.741. The van der Waals surface area contributed by atoms with Crippen LogP contribution in [0, 0.1) is 0 Å². The predicted octanol–water partition coefficient (Wildman–Crippen LogP) is 1.66. The molecule has 13 heavy (non-hydrogen) atoms. The molecule has 76 valence electrons. The fourth-order valence-electron chi connectivity index (χ4n) is 1.05. The molecule has 0 spiro atoms. The Labute approximate surface area is 87.8 Å². The molecule has 0 radical (unpaired) electrons. The zero-order valence-corrected chi connectivity index (χ0v) is 9.37. The van der Waals surface area contributed by atoms with Gasteiger partial charge in [0.05, 0.1) is 0 Å². The Balaban J connectivity index is 4.16. The van der Waals surface area contributed by atoms with E-state index in [0.29, 0.717) is 0 Å². The van der Waals surface area contributed by atoms with Gasteiger partial charge in [0.1, 0.15) is 5.78 Å². The summed E-state index contributed by atoms with van der Waals surface area (Å²) in [5.41, 5.74) is -0.592. The second-order valence-electron chi connectivity index (χ2n) is 3.55. The monoisotopic (exact) mass is 225 g/mol. The average Bonchev–Trinajstić information content (AvgIpc) is 1.81. The van der Waals surface area contributed by atoms with Crippen LogP contribution in [0.2, 0.25) is 0 Å². The van der Waals surface area contributed by atoms with E-state index < -0.39 is 16.3 Å². The van der Waals surface area contributed by atoms with Crippen molar-refractivity contribution in [2.45, 2.75) is 37.6 Å². The van der Waals surface area contributed by atoms with E-state index in [9.17, 15) is 9.59 Å². The Bertz CT molecular complexity index is 214. The van der Waals surface area contributed by atoms with Crippen molar-refractivity contribution in [3.05, 3.63) is 0 Å². The molecule has 0 fully saturated rings. The lowest BCUT2D eigenvalue weighted by atomic mass is 9.98. The molecule has 0 saturated carbocycles. The summed E-state index contributed by atoms with van der Waals surface area (Å²) in [4.78, 5) is 20.8. The Morgan fingerprint density at radius 2 is 1.85 bits per heavy atom. The Hall–Kier alpha value is -0.280. The summed E-state index contributed by atoms with van der Waals surface area (Å²) < 4.78 is 0. The first-order chi connectivity index (χ1) is 5.74. The number of rotatable bonds is 4. The molecule has 0 rings (SSSR count). The fourth-order valence-corrected chi connectivity index (χ4v) is 1.16. The third-order valence-electron chi connectivity index (χ3n) is 1.35. The second kappa shape index (κ2) is 4.82. The van der Waals surface area contributed by atoms with Crippen LogP contribution >= 0.6 is 23.2 Å². The summed E-state index contributed by atoms with van der Waals surface area (Å²) in [6.07, 6.45) is 0.263. The van der Waals surface area contributed by atoms with Crippen LogP contribution in [-0.2, 0) is 9.59 Å². The van der Waals surface area contributed by atoms with Gasteiger partial charge in [-0.3, -0.25) is 9.59 Å². The van der Waals surface area contributed by atoms with Crippen LogP contribution in [0.15, 0.2) is 0 Å². The van der Waals surface area contributed by atoms with Crippen molar-refractivity contribution < 1.29 is 9.59 Å². The maximum atomic E-state index is 11.1. The molecule has 3 nitrogen and oxygen atoms in total. The summed E-state index contributed by atoms with van der Waals surface area (Å²) in [6, 6.07) is 0. The van der Waals surface area contributed by atoms with Crippen molar-refractivity contribution in [1.29, 1.82) is 0 Å². The summed E-state index contributed by atoms with van der Waals surface area (Å²) in [7, 11) is 0. The molecule has 0 aliphatic rings. The van der Waals surface area contributed by atoms with E-state index in [2.05, 4.69) is 5.32 Å². The number of halogens is 2. The van der Waals surface area contributed by atoms with Gasteiger partial charge in [-0.05, 0) is 20.8 Å². The number of hydrogen-bond donors (Lipinski definition) is 1. The van der Waals surface area contributed by atoms with Gasteiger partial charge in [-0.1, -0.05) is 23.2 Å². The number of Topliss-reactive ketones (excluding diaryl/α,β-unsaturated/α-hetero) is 1. The molecule has 0 aromatic rings. The zero-order chi connectivity index (χ0) is 10.6. The molecule has 0 bridgehead atoms. The minimum Gasteiger partial charge on any atom is -0.348 e. The number of alkyl halides is 2. The molecule has 1 N–H and O–H groups in total. The lowest BCUT2D eigenvalue weighted by Crippen LogP contribution is -2.46. The number of carbonyl (C=O) groups excluding carboxylic acids is 2. The van der Waals surface area contributed by atoms with Crippen molar-refractivity contribution in [3.8, 4) is 0 Å². The van der Waals surface area contributed by atoms with E-state index in [4.69, 9.17) is 23.2 Å². The van der Waals surface area contributed by atoms with Crippen LogP contribution in [0.5, 0.6) is 0 Å². The molecular formula is C8H13Cl2NO2. The highest BCUT2D eigenvalue weighted by atomic mass is 35.5. The van der Waals surface area contributed by atoms with Gasteiger partial charge in [-0.25, -0.2) is 0 Å². The van der Waals surface area contributed by atoms with Gasteiger partial charge in [0.15, 0.2) is 4.84 Å². The first kappa shape index (κ1) is 12.7. The predicted molar refractivity (Wildman–Crippen MR) is 53.0 cm³/mol. The van der Waals surface area contributed by atoms with Crippen LogP contribution < -0.4 is 5.32 Å².